The molecule has 0 atom stereocenters. The van der Waals surface area contributed by atoms with E-state index in [0.717, 1.165) is 48.5 Å². The SMILES string of the molecule is CC(C)(C)OC(=O)CN1CCC(c2ccc3c(c2)-n2c(nc(=O)c4c(Cl)cccc42)C3(C)C)CC1. The number of benzene rings is 2. The summed E-state index contributed by atoms with van der Waals surface area (Å²) in [5, 5.41) is 0.887. The monoisotopic (exact) mass is 493 g/mol. The molecular formula is C28H32ClN3O3. The van der Waals surface area contributed by atoms with E-state index >= 15 is 0 Å². The van der Waals surface area contributed by atoms with Crippen LogP contribution in [0.4, 0.5) is 0 Å². The van der Waals surface area contributed by atoms with Crippen LogP contribution in [-0.4, -0.2) is 45.7 Å². The second kappa shape index (κ2) is 8.45. The molecule has 0 unspecified atom stereocenters. The molecule has 1 saturated heterocycles. The number of nitrogens with zero attached hydrogens (tertiary/aromatic N) is 3. The molecule has 1 fully saturated rings. The average molecular weight is 494 g/mol. The number of carbonyl (C=O) groups excluding carboxylic acids is 1. The van der Waals surface area contributed by atoms with Crippen molar-refractivity contribution < 1.29 is 9.53 Å². The van der Waals surface area contributed by atoms with E-state index in [1.165, 1.54) is 5.56 Å². The summed E-state index contributed by atoms with van der Waals surface area (Å²) >= 11 is 6.41. The zero-order valence-corrected chi connectivity index (χ0v) is 21.8. The number of carbonyl (C=O) groups is 1. The van der Waals surface area contributed by atoms with E-state index in [1.54, 1.807) is 6.07 Å². The van der Waals surface area contributed by atoms with Gasteiger partial charge in [-0.15, -0.1) is 0 Å². The van der Waals surface area contributed by atoms with Crippen molar-refractivity contribution in [1.82, 2.24) is 14.5 Å². The van der Waals surface area contributed by atoms with E-state index in [4.69, 9.17) is 16.3 Å². The predicted octanol–water partition coefficient (Wildman–Crippen LogP) is 5.20. The third kappa shape index (κ3) is 4.27. The molecule has 184 valence electrons. The molecule has 2 aliphatic heterocycles. The first-order valence-corrected chi connectivity index (χ1v) is 12.6. The minimum atomic E-state index is -0.461. The Bertz CT molecular complexity index is 1380. The fourth-order valence-electron chi connectivity index (χ4n) is 5.51. The maximum atomic E-state index is 12.8. The van der Waals surface area contributed by atoms with E-state index in [0.29, 0.717) is 22.9 Å². The van der Waals surface area contributed by atoms with Crippen LogP contribution in [0, 0.1) is 0 Å². The summed E-state index contributed by atoms with van der Waals surface area (Å²) in [5.41, 5.74) is 3.16. The number of likely N-dealkylation sites (tertiary alicyclic amines) is 1. The lowest BCUT2D eigenvalue weighted by Crippen LogP contribution is -2.39. The van der Waals surface area contributed by atoms with Crippen molar-refractivity contribution in [3.8, 4) is 5.69 Å². The largest absolute Gasteiger partial charge is 0.459 e. The maximum Gasteiger partial charge on any atom is 0.320 e. The number of fused-ring (bicyclic) bond motifs is 5. The van der Waals surface area contributed by atoms with Gasteiger partial charge in [0.2, 0.25) is 0 Å². The molecule has 0 aliphatic carbocycles. The van der Waals surface area contributed by atoms with Crippen LogP contribution in [0.15, 0.2) is 41.2 Å². The van der Waals surface area contributed by atoms with Crippen LogP contribution in [0.3, 0.4) is 0 Å². The lowest BCUT2D eigenvalue weighted by atomic mass is 9.83. The molecule has 3 heterocycles. The van der Waals surface area contributed by atoms with Gasteiger partial charge in [-0.25, -0.2) is 0 Å². The van der Waals surface area contributed by atoms with Gasteiger partial charge in [0, 0.05) is 0 Å². The van der Waals surface area contributed by atoms with Crippen molar-refractivity contribution in [2.75, 3.05) is 19.6 Å². The summed E-state index contributed by atoms with van der Waals surface area (Å²) in [4.78, 5) is 31.8. The normalized spacial score (nSPS) is 17.9. The summed E-state index contributed by atoms with van der Waals surface area (Å²) in [6.07, 6.45) is 1.96. The van der Waals surface area contributed by atoms with Crippen molar-refractivity contribution in [3.05, 3.63) is 68.7 Å². The number of halogens is 1. The number of piperidine rings is 1. The maximum absolute atomic E-state index is 12.8. The zero-order chi connectivity index (χ0) is 25.1. The van der Waals surface area contributed by atoms with Gasteiger partial charge in [-0.1, -0.05) is 29.8 Å². The first kappa shape index (κ1) is 24.0. The molecule has 7 heteroatoms. The van der Waals surface area contributed by atoms with Crippen LogP contribution in [-0.2, 0) is 14.9 Å². The predicted molar refractivity (Wildman–Crippen MR) is 139 cm³/mol. The standard InChI is InChI=1S/C28H32ClN3O3/c1-27(2,3)35-23(33)16-31-13-11-17(12-14-31)18-9-10-19-22(15-18)32-21-8-6-7-20(29)24(21)25(34)30-26(32)28(19,4)5/h6-10,15,17H,11-14,16H2,1-5H3. The fraction of sp³-hybridized carbons (Fsp3) is 0.464. The van der Waals surface area contributed by atoms with Crippen molar-refractivity contribution in [2.24, 2.45) is 0 Å². The van der Waals surface area contributed by atoms with Crippen LogP contribution in [0.5, 0.6) is 0 Å². The van der Waals surface area contributed by atoms with Crippen LogP contribution in [0.1, 0.15) is 70.3 Å². The molecule has 0 N–H and O–H groups in total. The van der Waals surface area contributed by atoms with Gasteiger partial charge in [-0.05, 0) is 95.8 Å². The van der Waals surface area contributed by atoms with Crippen LogP contribution in [0.25, 0.3) is 16.6 Å². The van der Waals surface area contributed by atoms with Gasteiger partial charge >= 0.3 is 5.97 Å². The highest BCUT2D eigenvalue weighted by Gasteiger charge is 2.39. The van der Waals surface area contributed by atoms with Crippen molar-refractivity contribution in [3.63, 3.8) is 0 Å². The third-order valence-electron chi connectivity index (χ3n) is 7.19. The second-order valence-electron chi connectivity index (χ2n) is 11.2. The summed E-state index contributed by atoms with van der Waals surface area (Å²) in [5.74, 6) is 0.987. The number of hydrogen-bond donors (Lipinski definition) is 0. The summed E-state index contributed by atoms with van der Waals surface area (Å²) < 4.78 is 7.60. The number of ether oxygens (including phenoxy) is 1. The van der Waals surface area contributed by atoms with E-state index in [9.17, 15) is 9.59 Å². The zero-order valence-electron chi connectivity index (χ0n) is 21.0. The smallest absolute Gasteiger partial charge is 0.320 e. The molecule has 1 aromatic heterocycles. The van der Waals surface area contributed by atoms with Gasteiger partial charge in [0.05, 0.1) is 33.6 Å². The average Bonchev–Trinajstić information content (AvgIpc) is 2.99. The number of esters is 1. The molecule has 2 aromatic carbocycles. The molecule has 0 bridgehead atoms. The fourth-order valence-corrected chi connectivity index (χ4v) is 5.76. The molecule has 2 aliphatic rings. The Morgan fingerprint density at radius 2 is 1.89 bits per heavy atom. The van der Waals surface area contributed by atoms with Crippen molar-refractivity contribution >= 4 is 28.5 Å². The molecule has 0 amide bonds. The van der Waals surface area contributed by atoms with E-state index in [2.05, 4.69) is 46.5 Å². The Balaban J connectivity index is 1.44. The van der Waals surface area contributed by atoms with Gasteiger partial charge in [0.1, 0.15) is 11.4 Å². The van der Waals surface area contributed by atoms with Gasteiger partial charge in [-0.2, -0.15) is 4.98 Å². The topological polar surface area (TPSA) is 64.4 Å². The lowest BCUT2D eigenvalue weighted by molar-refractivity contribution is -0.156. The second-order valence-corrected chi connectivity index (χ2v) is 11.7. The summed E-state index contributed by atoms with van der Waals surface area (Å²) in [6, 6.07) is 12.2. The van der Waals surface area contributed by atoms with Gasteiger partial charge in [0.15, 0.2) is 0 Å². The summed E-state index contributed by atoms with van der Waals surface area (Å²) in [7, 11) is 0. The van der Waals surface area contributed by atoms with E-state index < -0.39 is 5.60 Å². The minimum absolute atomic E-state index is 0.167. The highest BCUT2D eigenvalue weighted by atomic mass is 35.5. The van der Waals surface area contributed by atoms with Crippen molar-refractivity contribution in [2.45, 2.75) is 64.4 Å². The van der Waals surface area contributed by atoms with Crippen LogP contribution >= 0.6 is 11.6 Å². The Morgan fingerprint density at radius 3 is 2.57 bits per heavy atom. The first-order valence-electron chi connectivity index (χ1n) is 12.3. The minimum Gasteiger partial charge on any atom is -0.459 e. The number of aromatic nitrogens is 2. The van der Waals surface area contributed by atoms with Crippen LogP contribution < -0.4 is 5.56 Å². The molecule has 3 aromatic rings. The number of rotatable bonds is 3. The quantitative estimate of drug-likeness (QED) is 0.469. The molecular weight excluding hydrogens is 462 g/mol. The molecule has 0 spiro atoms. The highest BCUT2D eigenvalue weighted by molar-refractivity contribution is 6.35. The Kier molecular flexibility index (Phi) is 5.80. The molecule has 0 radical (unpaired) electrons. The Labute approximate surface area is 210 Å². The Hall–Kier alpha value is -2.70. The number of hydrogen-bond acceptors (Lipinski definition) is 5. The van der Waals surface area contributed by atoms with E-state index in [-0.39, 0.29) is 16.9 Å². The Morgan fingerprint density at radius 1 is 1.17 bits per heavy atom. The first-order chi connectivity index (χ1) is 16.5. The van der Waals surface area contributed by atoms with Gasteiger partial charge < -0.3 is 4.74 Å². The van der Waals surface area contributed by atoms with Crippen LogP contribution in [0.2, 0.25) is 5.02 Å². The third-order valence-corrected chi connectivity index (χ3v) is 7.51. The van der Waals surface area contributed by atoms with Crippen molar-refractivity contribution in [1.29, 1.82) is 0 Å². The lowest BCUT2D eigenvalue weighted by Gasteiger charge is -2.32. The molecule has 5 rings (SSSR count). The van der Waals surface area contributed by atoms with Gasteiger partial charge in [0.25, 0.3) is 5.56 Å². The summed E-state index contributed by atoms with van der Waals surface area (Å²) in [6.45, 7) is 12.0. The molecule has 6 nitrogen and oxygen atoms in total. The van der Waals surface area contributed by atoms with Gasteiger partial charge in [-0.3, -0.25) is 19.1 Å². The molecule has 0 saturated carbocycles. The van der Waals surface area contributed by atoms with E-state index in [1.807, 2.05) is 32.9 Å². The molecule has 35 heavy (non-hydrogen) atoms. The highest BCUT2D eigenvalue weighted by Crippen LogP contribution is 2.44.